The normalized spacial score (nSPS) is 29.6. The van der Waals surface area contributed by atoms with Crippen LogP contribution in [0, 0.1) is 17.8 Å². The summed E-state index contributed by atoms with van der Waals surface area (Å²) in [6, 6.07) is 1.88. The van der Waals surface area contributed by atoms with E-state index in [0.29, 0.717) is 69.6 Å². The zero-order valence-electron chi connectivity index (χ0n) is 35.1. The van der Waals surface area contributed by atoms with E-state index in [4.69, 9.17) is 14.2 Å². The van der Waals surface area contributed by atoms with Gasteiger partial charge in [-0.2, -0.15) is 18.2 Å². The maximum Gasteiger partial charge on any atom is 0.411 e. The van der Waals surface area contributed by atoms with Crippen molar-refractivity contribution in [2.24, 2.45) is 17.8 Å². The molecule has 0 bridgehead atoms. The summed E-state index contributed by atoms with van der Waals surface area (Å²) in [5.74, 6) is -3.66. The number of aromatic nitrogens is 1. The van der Waals surface area contributed by atoms with Gasteiger partial charge in [0.2, 0.25) is 33.6 Å². The third-order valence-electron chi connectivity index (χ3n) is 13.3. The third kappa shape index (κ3) is 8.18. The summed E-state index contributed by atoms with van der Waals surface area (Å²) in [6.07, 6.45) is -1.50. The Morgan fingerprint density at radius 2 is 1.85 bits per heavy atom. The largest absolute Gasteiger partial charge is 0.497 e. The highest BCUT2D eigenvalue weighted by atomic mass is 32.2. The average molecular weight is 878 g/mol. The zero-order valence-corrected chi connectivity index (χ0v) is 36.0. The van der Waals surface area contributed by atoms with Gasteiger partial charge in [-0.05, 0) is 108 Å². The standard InChI is InChI=1S/C42H54F3N5O10S/c1-23-10-7-8-11-25-21-41(25,37(53)48-61(56,57)40(5)15-16-40)47-33(51)31-20-27(60-35-29-14-13-26(58-6)19-30(29)28-12-9-17-59-34(28)46-35)22-49(31)36(52)32(24(2)18-23)50(38(54)55)39(3,4)42(43,44)45/h8,11,13-14,19,23-25,27,31-32H,7,9-10,12,15-18,20-22H2,1-6H3,(H,47,51)(H,48,53)(H,54,55)/b11-8-/t23-,24+,25+,27+,31-,32-,41+/m0/s1. The molecule has 1 aromatic carbocycles. The lowest BCUT2D eigenvalue weighted by molar-refractivity contribution is -0.222. The Balaban J connectivity index is 1.31. The van der Waals surface area contributed by atoms with Crippen LogP contribution in [-0.4, -0.2) is 113 Å². The summed E-state index contributed by atoms with van der Waals surface area (Å²) in [5.41, 5.74) is -3.94. The number of allylic oxidation sites excluding steroid dienone is 1. The van der Waals surface area contributed by atoms with Crippen molar-refractivity contribution in [1.29, 1.82) is 0 Å². The van der Waals surface area contributed by atoms with Crippen LogP contribution < -0.4 is 24.2 Å². The van der Waals surface area contributed by atoms with Gasteiger partial charge in [0.1, 0.15) is 35.0 Å². The van der Waals surface area contributed by atoms with Gasteiger partial charge in [0.15, 0.2) is 0 Å². The minimum atomic E-state index is -5.10. The number of aryl methyl sites for hydroxylation is 1. The first-order valence-electron chi connectivity index (χ1n) is 20.8. The maximum absolute atomic E-state index is 15.1. The van der Waals surface area contributed by atoms with E-state index in [1.54, 1.807) is 18.2 Å². The molecule has 4 heterocycles. The number of halogens is 3. The van der Waals surface area contributed by atoms with Crippen LogP contribution in [0.2, 0.25) is 0 Å². The Hall–Kier alpha value is -4.81. The molecule has 0 unspecified atom stereocenters. The van der Waals surface area contributed by atoms with Crippen LogP contribution in [-0.2, 0) is 30.8 Å². The van der Waals surface area contributed by atoms with E-state index in [1.807, 2.05) is 19.1 Å². The summed E-state index contributed by atoms with van der Waals surface area (Å²) in [6.45, 7) is 6.32. The smallest absolute Gasteiger partial charge is 0.411 e. The molecule has 5 aliphatic rings. The quantitative estimate of drug-likeness (QED) is 0.284. The van der Waals surface area contributed by atoms with Gasteiger partial charge >= 0.3 is 12.3 Å². The molecule has 2 aromatic rings. The molecule has 7 atom stereocenters. The summed E-state index contributed by atoms with van der Waals surface area (Å²) in [7, 11) is -2.60. The number of pyridine rings is 1. The van der Waals surface area contributed by atoms with E-state index in [2.05, 4.69) is 15.0 Å². The van der Waals surface area contributed by atoms with Gasteiger partial charge in [-0.1, -0.05) is 26.0 Å². The first-order chi connectivity index (χ1) is 28.5. The molecule has 3 aliphatic heterocycles. The molecule has 334 valence electrons. The number of hydrogen-bond acceptors (Lipinski definition) is 10. The zero-order chi connectivity index (χ0) is 44.4. The number of hydrogen-bond donors (Lipinski definition) is 3. The Bertz CT molecular complexity index is 2250. The molecule has 7 rings (SSSR count). The molecule has 15 nitrogen and oxygen atoms in total. The molecule has 2 aliphatic carbocycles. The fourth-order valence-corrected chi connectivity index (χ4v) is 10.3. The molecule has 3 fully saturated rings. The summed E-state index contributed by atoms with van der Waals surface area (Å²) in [5, 5.41) is 14.6. The molecular formula is C42H54F3N5O10S. The number of fused-ring (bicyclic) bond motifs is 5. The average Bonchev–Trinajstić information content (AvgIpc) is 4.07. The van der Waals surface area contributed by atoms with Gasteiger partial charge in [-0.15, -0.1) is 0 Å². The van der Waals surface area contributed by atoms with E-state index in [-0.39, 0.29) is 42.5 Å². The minimum Gasteiger partial charge on any atom is -0.497 e. The number of amides is 4. The van der Waals surface area contributed by atoms with Crippen LogP contribution in [0.15, 0.2) is 30.4 Å². The topological polar surface area (TPSA) is 194 Å². The van der Waals surface area contributed by atoms with Crippen molar-refractivity contribution in [2.45, 2.75) is 133 Å². The van der Waals surface area contributed by atoms with Crippen LogP contribution in [0.5, 0.6) is 17.5 Å². The second-order valence-electron chi connectivity index (χ2n) is 18.2. The Kier molecular flexibility index (Phi) is 11.5. The van der Waals surface area contributed by atoms with Crippen molar-refractivity contribution in [2.75, 3.05) is 20.3 Å². The monoisotopic (exact) mass is 877 g/mol. The van der Waals surface area contributed by atoms with Crippen LogP contribution in [0.25, 0.3) is 10.8 Å². The van der Waals surface area contributed by atoms with Crippen molar-refractivity contribution in [3.8, 4) is 17.5 Å². The highest BCUT2D eigenvalue weighted by molar-refractivity contribution is 7.91. The van der Waals surface area contributed by atoms with Crippen LogP contribution in [0.4, 0.5) is 18.0 Å². The van der Waals surface area contributed by atoms with E-state index in [0.717, 1.165) is 22.3 Å². The maximum atomic E-state index is 15.1. The lowest BCUT2D eigenvalue weighted by atomic mass is 9.85. The predicted octanol–water partition coefficient (Wildman–Crippen LogP) is 5.49. The second-order valence-corrected chi connectivity index (χ2v) is 20.4. The second kappa shape index (κ2) is 15.8. The van der Waals surface area contributed by atoms with Crippen LogP contribution in [0.1, 0.15) is 91.5 Å². The summed E-state index contributed by atoms with van der Waals surface area (Å²) in [4.78, 5) is 62.7. The number of rotatable bonds is 8. The SMILES string of the molecule is COc1ccc2c(O[C@@H]3C[C@H]4C(=O)N[C@]5(C(=O)NS(=O)(=O)C6(C)CC6)C[C@H]5/C=C\CC[C@H](C)C[C@@H](C)[C@H](N(C(=O)O)C(C)(C)C(F)(F)F)C(=O)N4C3)nc3c(c2c1)CCCO3. The van der Waals surface area contributed by atoms with Crippen molar-refractivity contribution in [3.63, 3.8) is 0 Å². The number of carbonyl (C=O) groups is 4. The summed E-state index contributed by atoms with van der Waals surface area (Å²) < 4.78 is 89.8. The molecular weight excluding hydrogens is 824 g/mol. The Morgan fingerprint density at radius 1 is 1.13 bits per heavy atom. The number of carboxylic acid groups (broad SMARTS) is 1. The van der Waals surface area contributed by atoms with E-state index in [9.17, 15) is 41.1 Å². The van der Waals surface area contributed by atoms with E-state index >= 15 is 4.79 Å². The molecule has 0 spiro atoms. The molecule has 0 radical (unpaired) electrons. The molecule has 4 amide bonds. The van der Waals surface area contributed by atoms with Gasteiger partial charge in [0, 0.05) is 23.3 Å². The molecule has 61 heavy (non-hydrogen) atoms. The molecule has 2 saturated carbocycles. The highest BCUT2D eigenvalue weighted by Gasteiger charge is 2.64. The fraction of sp³-hybridized carbons (Fsp3) is 0.643. The van der Waals surface area contributed by atoms with E-state index in [1.165, 1.54) is 21.0 Å². The molecule has 1 saturated heterocycles. The molecule has 1 aromatic heterocycles. The Morgan fingerprint density at radius 3 is 2.51 bits per heavy atom. The number of nitrogens with one attached hydrogen (secondary N) is 2. The third-order valence-corrected chi connectivity index (χ3v) is 15.5. The van der Waals surface area contributed by atoms with Crippen molar-refractivity contribution < 1.29 is 60.1 Å². The van der Waals surface area contributed by atoms with Gasteiger partial charge in [-0.25, -0.2) is 13.2 Å². The predicted molar refractivity (Wildman–Crippen MR) is 215 cm³/mol. The highest BCUT2D eigenvalue weighted by Crippen LogP contribution is 2.48. The van der Waals surface area contributed by atoms with E-state index < -0.39 is 85.9 Å². The van der Waals surface area contributed by atoms with Gasteiger partial charge in [0.25, 0.3) is 5.91 Å². The van der Waals surface area contributed by atoms with Gasteiger partial charge in [0.05, 0.1) is 25.0 Å². The molecule has 3 N–H and O–H groups in total. The van der Waals surface area contributed by atoms with Crippen molar-refractivity contribution >= 4 is 44.6 Å². The number of methoxy groups -OCH3 is 1. The first kappa shape index (κ1) is 44.3. The van der Waals surface area contributed by atoms with Crippen LogP contribution >= 0.6 is 0 Å². The number of sulfonamides is 1. The van der Waals surface area contributed by atoms with Crippen LogP contribution in [0.3, 0.4) is 0 Å². The number of benzene rings is 1. The molecule has 19 heteroatoms. The Labute approximate surface area is 352 Å². The van der Waals surface area contributed by atoms with Crippen molar-refractivity contribution in [1.82, 2.24) is 24.8 Å². The lowest BCUT2D eigenvalue weighted by Crippen LogP contribution is -2.66. The van der Waals surface area contributed by atoms with Gasteiger partial charge < -0.3 is 29.5 Å². The first-order valence-corrected chi connectivity index (χ1v) is 22.3. The van der Waals surface area contributed by atoms with Gasteiger partial charge in [-0.3, -0.25) is 24.0 Å². The number of nitrogens with zero attached hydrogens (tertiary/aromatic N) is 3. The fourth-order valence-electron chi connectivity index (χ4n) is 9.03. The minimum absolute atomic E-state index is 0.0458. The number of carbonyl (C=O) groups excluding carboxylic acids is 3. The summed E-state index contributed by atoms with van der Waals surface area (Å²) >= 11 is 0. The number of alkyl halides is 3. The number of ether oxygens (including phenoxy) is 3. The lowest BCUT2D eigenvalue weighted by Gasteiger charge is -2.45. The van der Waals surface area contributed by atoms with Crippen molar-refractivity contribution in [3.05, 3.63) is 35.9 Å².